The molecule has 1 unspecified atom stereocenters. The smallest absolute Gasteiger partial charge is 0.211 e. The fourth-order valence-corrected chi connectivity index (χ4v) is 4.14. The van der Waals surface area contributed by atoms with Gasteiger partial charge in [-0.05, 0) is 25.0 Å². The van der Waals surface area contributed by atoms with E-state index in [9.17, 15) is 8.42 Å². The number of piperidine rings is 1. The topological polar surface area (TPSA) is 55.2 Å². The highest BCUT2D eigenvalue weighted by atomic mass is 32.2. The fourth-order valence-electron chi connectivity index (χ4n) is 3.02. The Labute approximate surface area is 119 Å². The van der Waals surface area contributed by atoms with E-state index in [2.05, 4.69) is 4.98 Å². The van der Waals surface area contributed by atoms with Gasteiger partial charge >= 0.3 is 0 Å². The van der Waals surface area contributed by atoms with Crippen LogP contribution in [0.3, 0.4) is 0 Å². The van der Waals surface area contributed by atoms with Gasteiger partial charge in [0.1, 0.15) is 5.82 Å². The zero-order chi connectivity index (χ0) is 14.3. The molecule has 1 aliphatic heterocycles. The minimum atomic E-state index is -3.20. The van der Waals surface area contributed by atoms with Crippen molar-refractivity contribution in [2.45, 2.75) is 25.3 Å². The quantitative estimate of drug-likeness (QED) is 0.851. The van der Waals surface area contributed by atoms with Gasteiger partial charge in [-0.1, -0.05) is 18.6 Å². The minimum Gasteiger partial charge on any atom is -0.330 e. The monoisotopic (exact) mass is 293 g/mol. The van der Waals surface area contributed by atoms with Gasteiger partial charge in [-0.2, -0.15) is 4.31 Å². The molecule has 0 bridgehead atoms. The molecule has 0 N–H and O–H groups in total. The van der Waals surface area contributed by atoms with Gasteiger partial charge in [-0.15, -0.1) is 0 Å². The second kappa shape index (κ2) is 4.86. The Hall–Kier alpha value is -1.40. The lowest BCUT2D eigenvalue weighted by molar-refractivity contribution is 0.245. The molecule has 5 nitrogen and oxygen atoms in total. The first kappa shape index (κ1) is 13.6. The van der Waals surface area contributed by atoms with Crippen molar-refractivity contribution in [1.29, 1.82) is 0 Å². The maximum Gasteiger partial charge on any atom is 0.211 e. The second-order valence-electron chi connectivity index (χ2n) is 5.40. The third-order valence-corrected chi connectivity index (χ3v) is 5.29. The van der Waals surface area contributed by atoms with Crippen LogP contribution in [0.1, 0.15) is 31.1 Å². The highest BCUT2D eigenvalue weighted by Gasteiger charge is 2.33. The van der Waals surface area contributed by atoms with Gasteiger partial charge < -0.3 is 4.57 Å². The molecule has 20 heavy (non-hydrogen) atoms. The lowest BCUT2D eigenvalue weighted by atomic mass is 10.0. The molecule has 1 aliphatic rings. The van der Waals surface area contributed by atoms with E-state index < -0.39 is 10.0 Å². The Morgan fingerprint density at radius 2 is 2.00 bits per heavy atom. The summed E-state index contributed by atoms with van der Waals surface area (Å²) >= 11 is 0. The molecule has 1 saturated heterocycles. The fraction of sp³-hybridized carbons (Fsp3) is 0.500. The Balaban J connectivity index is 2.10. The summed E-state index contributed by atoms with van der Waals surface area (Å²) in [5, 5.41) is 0. The summed E-state index contributed by atoms with van der Waals surface area (Å²) in [7, 11) is -1.24. The van der Waals surface area contributed by atoms with Crippen LogP contribution >= 0.6 is 0 Å². The van der Waals surface area contributed by atoms with Gasteiger partial charge in [0.05, 0.1) is 23.3 Å². The Morgan fingerprint density at radius 3 is 2.70 bits per heavy atom. The first-order valence-electron chi connectivity index (χ1n) is 6.86. The molecule has 0 radical (unpaired) electrons. The van der Waals surface area contributed by atoms with E-state index in [4.69, 9.17) is 0 Å². The number of rotatable bonds is 2. The SMILES string of the molecule is Cn1c(C2CCCCN2S(C)(=O)=O)nc2ccccc21. The molecule has 0 saturated carbocycles. The van der Waals surface area contributed by atoms with Gasteiger partial charge in [-0.3, -0.25) is 0 Å². The molecule has 2 heterocycles. The summed E-state index contributed by atoms with van der Waals surface area (Å²) in [5.41, 5.74) is 1.96. The number of hydrogen-bond donors (Lipinski definition) is 0. The average Bonchev–Trinajstić information content (AvgIpc) is 2.76. The van der Waals surface area contributed by atoms with Crippen molar-refractivity contribution in [3.05, 3.63) is 30.1 Å². The van der Waals surface area contributed by atoms with Gasteiger partial charge in [0, 0.05) is 13.6 Å². The summed E-state index contributed by atoms with van der Waals surface area (Å²) in [6.45, 7) is 0.590. The molecule has 1 aromatic heterocycles. The van der Waals surface area contributed by atoms with E-state index in [1.165, 1.54) is 6.26 Å². The zero-order valence-corrected chi connectivity index (χ0v) is 12.6. The highest BCUT2D eigenvalue weighted by Crippen LogP contribution is 2.33. The van der Waals surface area contributed by atoms with E-state index in [0.29, 0.717) is 6.54 Å². The van der Waals surface area contributed by atoms with Gasteiger partial charge in [0.25, 0.3) is 0 Å². The van der Waals surface area contributed by atoms with Crippen molar-refractivity contribution in [3.8, 4) is 0 Å². The number of sulfonamides is 1. The van der Waals surface area contributed by atoms with Crippen LogP contribution in [0.5, 0.6) is 0 Å². The molecular formula is C14H19N3O2S. The third-order valence-electron chi connectivity index (χ3n) is 4.00. The number of para-hydroxylation sites is 2. The normalized spacial score (nSPS) is 21.4. The Kier molecular flexibility index (Phi) is 3.30. The zero-order valence-electron chi connectivity index (χ0n) is 11.8. The molecule has 6 heteroatoms. The van der Waals surface area contributed by atoms with E-state index in [-0.39, 0.29) is 6.04 Å². The molecule has 0 spiro atoms. The van der Waals surface area contributed by atoms with Crippen LogP contribution in [-0.2, 0) is 17.1 Å². The van der Waals surface area contributed by atoms with Crippen molar-refractivity contribution in [2.24, 2.45) is 7.05 Å². The van der Waals surface area contributed by atoms with E-state index in [1.54, 1.807) is 4.31 Å². The van der Waals surface area contributed by atoms with Crippen molar-refractivity contribution in [2.75, 3.05) is 12.8 Å². The number of aryl methyl sites for hydroxylation is 1. The molecule has 2 aromatic rings. The van der Waals surface area contributed by atoms with Crippen molar-refractivity contribution < 1.29 is 8.42 Å². The van der Waals surface area contributed by atoms with Crippen molar-refractivity contribution in [1.82, 2.24) is 13.9 Å². The molecule has 1 fully saturated rings. The third kappa shape index (κ3) is 2.23. The van der Waals surface area contributed by atoms with Crippen molar-refractivity contribution >= 4 is 21.1 Å². The Morgan fingerprint density at radius 1 is 1.25 bits per heavy atom. The van der Waals surface area contributed by atoms with Crippen LogP contribution in [0, 0.1) is 0 Å². The Bertz CT molecular complexity index is 736. The first-order valence-corrected chi connectivity index (χ1v) is 8.71. The largest absolute Gasteiger partial charge is 0.330 e. The van der Waals surface area contributed by atoms with E-state index in [0.717, 1.165) is 36.1 Å². The summed E-state index contributed by atoms with van der Waals surface area (Å²) in [4.78, 5) is 4.66. The number of imidazole rings is 1. The lowest BCUT2D eigenvalue weighted by Crippen LogP contribution is -2.38. The van der Waals surface area contributed by atoms with Gasteiger partial charge in [0.15, 0.2) is 0 Å². The number of benzene rings is 1. The summed E-state index contributed by atoms with van der Waals surface area (Å²) in [6, 6.07) is 7.76. The predicted molar refractivity (Wildman–Crippen MR) is 78.9 cm³/mol. The second-order valence-corrected chi connectivity index (χ2v) is 7.34. The molecule has 1 atom stereocenters. The maximum atomic E-state index is 12.0. The van der Waals surface area contributed by atoms with E-state index in [1.807, 2.05) is 35.9 Å². The van der Waals surface area contributed by atoms with Crippen LogP contribution < -0.4 is 0 Å². The number of hydrogen-bond acceptors (Lipinski definition) is 3. The van der Waals surface area contributed by atoms with Crippen LogP contribution in [0.15, 0.2) is 24.3 Å². The highest BCUT2D eigenvalue weighted by molar-refractivity contribution is 7.88. The number of aromatic nitrogens is 2. The molecular weight excluding hydrogens is 274 g/mol. The number of fused-ring (bicyclic) bond motifs is 1. The van der Waals surface area contributed by atoms with Gasteiger partial charge in [-0.25, -0.2) is 13.4 Å². The molecule has 108 valence electrons. The molecule has 0 aliphatic carbocycles. The molecule has 1 aromatic carbocycles. The van der Waals surface area contributed by atoms with Crippen LogP contribution in [0.4, 0.5) is 0 Å². The molecule has 0 amide bonds. The maximum absolute atomic E-state index is 12.0. The standard InChI is InChI=1S/C14H19N3O2S/c1-16-12-8-4-3-7-11(12)15-14(16)13-9-5-6-10-17(13)20(2,18)19/h3-4,7-8,13H,5-6,9-10H2,1-2H3. The summed E-state index contributed by atoms with van der Waals surface area (Å²) < 4.78 is 27.6. The summed E-state index contributed by atoms with van der Waals surface area (Å²) in [6.07, 6.45) is 4.09. The van der Waals surface area contributed by atoms with Crippen molar-refractivity contribution in [3.63, 3.8) is 0 Å². The van der Waals surface area contributed by atoms with E-state index >= 15 is 0 Å². The lowest BCUT2D eigenvalue weighted by Gasteiger charge is -2.33. The van der Waals surface area contributed by atoms with Crippen LogP contribution in [-0.4, -0.2) is 35.1 Å². The molecule has 3 rings (SSSR count). The van der Waals surface area contributed by atoms with Crippen LogP contribution in [0.25, 0.3) is 11.0 Å². The minimum absolute atomic E-state index is 0.142. The average molecular weight is 293 g/mol. The summed E-state index contributed by atoms with van der Waals surface area (Å²) in [5.74, 6) is 0.844. The first-order chi connectivity index (χ1) is 9.48. The number of nitrogens with zero attached hydrogens (tertiary/aromatic N) is 3. The van der Waals surface area contributed by atoms with Crippen LogP contribution in [0.2, 0.25) is 0 Å². The predicted octanol–water partition coefficient (Wildman–Crippen LogP) is 2.06. The van der Waals surface area contributed by atoms with Gasteiger partial charge in [0.2, 0.25) is 10.0 Å².